The predicted molar refractivity (Wildman–Crippen MR) is 144 cm³/mol. The summed E-state index contributed by atoms with van der Waals surface area (Å²) < 4.78 is 5.37. The molecule has 178 valence electrons. The van der Waals surface area contributed by atoms with E-state index in [0.717, 1.165) is 57.4 Å². The average Bonchev–Trinajstić information content (AvgIpc) is 3.24. The van der Waals surface area contributed by atoms with Crippen molar-refractivity contribution in [1.29, 1.82) is 0 Å². The lowest BCUT2D eigenvalue weighted by molar-refractivity contribution is 0.292. The Morgan fingerprint density at radius 2 is 2.06 bits per heavy atom. The van der Waals surface area contributed by atoms with E-state index in [4.69, 9.17) is 9.73 Å². The largest absolute Gasteiger partial charge is 0.497 e. The van der Waals surface area contributed by atoms with E-state index in [-0.39, 0.29) is 24.0 Å². The zero-order valence-electron chi connectivity index (χ0n) is 20.2. The molecule has 1 fully saturated rings. The minimum absolute atomic E-state index is 0. The van der Waals surface area contributed by atoms with E-state index in [1.54, 1.807) is 7.11 Å². The number of hydrogen-bond donors (Lipinski definition) is 2. The molecule has 1 aromatic carbocycles. The Balaban J connectivity index is 0.00000480. The molecule has 0 bridgehead atoms. The van der Waals surface area contributed by atoms with Crippen LogP contribution in [0.3, 0.4) is 0 Å². The third-order valence-electron chi connectivity index (χ3n) is 5.95. The molecule has 1 heterocycles. The highest BCUT2D eigenvalue weighted by atomic mass is 127. The van der Waals surface area contributed by atoms with Crippen LogP contribution in [-0.2, 0) is 0 Å². The Kier molecular flexibility index (Phi) is 14.0. The van der Waals surface area contributed by atoms with E-state index < -0.39 is 0 Å². The lowest BCUT2D eigenvalue weighted by Gasteiger charge is -2.21. The Bertz CT molecular complexity index is 638. The molecular weight excluding hydrogens is 501 g/mol. The zero-order valence-corrected chi connectivity index (χ0v) is 22.5. The minimum atomic E-state index is 0. The summed E-state index contributed by atoms with van der Waals surface area (Å²) in [7, 11) is 1.72. The van der Waals surface area contributed by atoms with Crippen LogP contribution in [0.5, 0.6) is 5.75 Å². The predicted octanol–water partition coefficient (Wildman–Crippen LogP) is 4.21. The van der Waals surface area contributed by atoms with E-state index in [2.05, 4.69) is 66.3 Å². The van der Waals surface area contributed by atoms with Gasteiger partial charge in [0.25, 0.3) is 0 Å². The number of rotatable bonds is 12. The van der Waals surface area contributed by atoms with Gasteiger partial charge in [-0.25, -0.2) is 0 Å². The second-order valence-corrected chi connectivity index (χ2v) is 8.24. The maximum absolute atomic E-state index is 5.37. The van der Waals surface area contributed by atoms with Crippen molar-refractivity contribution in [2.24, 2.45) is 10.9 Å². The van der Waals surface area contributed by atoms with Gasteiger partial charge in [0.05, 0.1) is 7.11 Å². The molecule has 31 heavy (non-hydrogen) atoms. The zero-order chi connectivity index (χ0) is 21.8. The molecule has 1 saturated heterocycles. The SMILES string of the molecule is CCNC(=NCC1CCN(c2cccc(OC)c2)C1)NC(C)CCCN(CC)CC.I. The van der Waals surface area contributed by atoms with E-state index in [1.165, 1.54) is 25.1 Å². The first-order valence-corrected chi connectivity index (χ1v) is 11.8. The third-order valence-corrected chi connectivity index (χ3v) is 5.95. The van der Waals surface area contributed by atoms with Crippen LogP contribution in [-0.4, -0.2) is 69.8 Å². The summed E-state index contributed by atoms with van der Waals surface area (Å²) in [4.78, 5) is 9.84. The van der Waals surface area contributed by atoms with E-state index in [1.807, 2.05) is 6.07 Å². The molecule has 6 nitrogen and oxygen atoms in total. The lowest BCUT2D eigenvalue weighted by atomic mass is 10.1. The van der Waals surface area contributed by atoms with Gasteiger partial charge in [0, 0.05) is 44.0 Å². The molecule has 2 rings (SSSR count). The fraction of sp³-hybridized carbons (Fsp3) is 0.708. The third kappa shape index (κ3) is 9.85. The number of nitrogens with one attached hydrogen (secondary N) is 2. The molecule has 0 amide bonds. The molecule has 7 heteroatoms. The van der Waals surface area contributed by atoms with E-state index >= 15 is 0 Å². The van der Waals surface area contributed by atoms with Crippen molar-refractivity contribution in [3.8, 4) is 5.75 Å². The number of halogens is 1. The Morgan fingerprint density at radius 3 is 2.74 bits per heavy atom. The molecule has 2 N–H and O–H groups in total. The number of benzene rings is 1. The molecule has 1 aromatic rings. The summed E-state index contributed by atoms with van der Waals surface area (Å²) in [5.41, 5.74) is 1.24. The normalized spacial score (nSPS) is 17.4. The molecule has 1 aliphatic heterocycles. The molecule has 0 radical (unpaired) electrons. The molecular formula is C24H44IN5O. The number of nitrogens with zero attached hydrogens (tertiary/aromatic N) is 3. The van der Waals surface area contributed by atoms with Crippen LogP contribution < -0.4 is 20.3 Å². The van der Waals surface area contributed by atoms with Gasteiger partial charge in [-0.3, -0.25) is 4.99 Å². The highest BCUT2D eigenvalue weighted by molar-refractivity contribution is 14.0. The van der Waals surface area contributed by atoms with Crippen LogP contribution in [0.2, 0.25) is 0 Å². The maximum atomic E-state index is 5.37. The number of guanidine groups is 1. The number of methoxy groups -OCH3 is 1. The smallest absolute Gasteiger partial charge is 0.191 e. The van der Waals surface area contributed by atoms with Crippen molar-refractivity contribution >= 4 is 35.6 Å². The highest BCUT2D eigenvalue weighted by Crippen LogP contribution is 2.26. The Morgan fingerprint density at radius 1 is 1.29 bits per heavy atom. The second kappa shape index (κ2) is 15.6. The van der Waals surface area contributed by atoms with E-state index in [9.17, 15) is 0 Å². The summed E-state index contributed by atoms with van der Waals surface area (Å²) in [6.07, 6.45) is 3.56. The van der Waals surface area contributed by atoms with Crippen molar-refractivity contribution < 1.29 is 4.74 Å². The topological polar surface area (TPSA) is 52.1 Å². The first-order valence-electron chi connectivity index (χ1n) is 11.8. The molecule has 2 unspecified atom stereocenters. The van der Waals surface area contributed by atoms with Crippen LogP contribution in [0.25, 0.3) is 0 Å². The summed E-state index contributed by atoms with van der Waals surface area (Å²) in [6.45, 7) is 16.2. The van der Waals surface area contributed by atoms with Gasteiger partial charge in [-0.05, 0) is 70.8 Å². The van der Waals surface area contributed by atoms with E-state index in [0.29, 0.717) is 12.0 Å². The van der Waals surface area contributed by atoms with Crippen LogP contribution in [0, 0.1) is 5.92 Å². The fourth-order valence-corrected chi connectivity index (χ4v) is 4.03. The summed E-state index contributed by atoms with van der Waals surface area (Å²) in [6, 6.07) is 8.78. The Labute approximate surface area is 207 Å². The minimum Gasteiger partial charge on any atom is -0.497 e. The first kappa shape index (κ1) is 27.8. The molecule has 0 aromatic heterocycles. The molecule has 0 spiro atoms. The summed E-state index contributed by atoms with van der Waals surface area (Å²) in [5, 5.41) is 7.02. The maximum Gasteiger partial charge on any atom is 0.191 e. The first-order chi connectivity index (χ1) is 14.6. The van der Waals surface area contributed by atoms with Gasteiger partial charge in [-0.2, -0.15) is 0 Å². The van der Waals surface area contributed by atoms with Crippen molar-refractivity contribution in [3.63, 3.8) is 0 Å². The van der Waals surface area contributed by atoms with Crippen LogP contribution in [0.4, 0.5) is 5.69 Å². The number of anilines is 1. The van der Waals surface area contributed by atoms with Gasteiger partial charge in [0.15, 0.2) is 5.96 Å². The quantitative estimate of drug-likeness (QED) is 0.234. The second-order valence-electron chi connectivity index (χ2n) is 8.24. The lowest BCUT2D eigenvalue weighted by Crippen LogP contribution is -2.42. The van der Waals surface area contributed by atoms with Crippen molar-refractivity contribution in [3.05, 3.63) is 24.3 Å². The fourth-order valence-electron chi connectivity index (χ4n) is 4.03. The number of hydrogen-bond acceptors (Lipinski definition) is 4. The van der Waals surface area contributed by atoms with Gasteiger partial charge in [-0.15, -0.1) is 24.0 Å². The van der Waals surface area contributed by atoms with Crippen molar-refractivity contribution in [2.45, 2.75) is 53.0 Å². The standard InChI is InChI=1S/C24H43N5O.HI/c1-6-25-24(27-20(4)11-10-15-28(7-2)8-3)26-18-21-14-16-29(19-21)22-12-9-13-23(17-22)30-5;/h9,12-13,17,20-21H,6-8,10-11,14-16,18-19H2,1-5H3,(H2,25,26,27);1H. The molecule has 1 aliphatic rings. The van der Waals surface area contributed by atoms with Crippen molar-refractivity contribution in [2.75, 3.05) is 57.8 Å². The van der Waals surface area contributed by atoms with Crippen LogP contribution in [0.1, 0.15) is 47.0 Å². The monoisotopic (exact) mass is 545 g/mol. The van der Waals surface area contributed by atoms with Gasteiger partial charge in [0.1, 0.15) is 5.75 Å². The summed E-state index contributed by atoms with van der Waals surface area (Å²) >= 11 is 0. The van der Waals surface area contributed by atoms with Gasteiger partial charge < -0.3 is 25.2 Å². The van der Waals surface area contributed by atoms with Gasteiger partial charge in [0.2, 0.25) is 0 Å². The average molecular weight is 546 g/mol. The molecule has 2 atom stereocenters. The Hall–Kier alpha value is -1.22. The summed E-state index contributed by atoms with van der Waals surface area (Å²) in [5.74, 6) is 2.46. The molecule has 0 aliphatic carbocycles. The van der Waals surface area contributed by atoms with Gasteiger partial charge >= 0.3 is 0 Å². The van der Waals surface area contributed by atoms with Crippen LogP contribution in [0.15, 0.2) is 29.3 Å². The molecule has 0 saturated carbocycles. The van der Waals surface area contributed by atoms with Gasteiger partial charge in [-0.1, -0.05) is 19.9 Å². The van der Waals surface area contributed by atoms with Crippen molar-refractivity contribution in [1.82, 2.24) is 15.5 Å². The highest BCUT2D eigenvalue weighted by Gasteiger charge is 2.23. The number of ether oxygens (including phenoxy) is 1. The number of aliphatic imine (C=N–C) groups is 1. The van der Waals surface area contributed by atoms with Crippen LogP contribution >= 0.6 is 24.0 Å².